The Morgan fingerprint density at radius 2 is 1.62 bits per heavy atom. The molecule has 12 nitrogen and oxygen atoms in total. The Bertz CT molecular complexity index is 1810. The molecule has 3 aromatic rings. The minimum absolute atomic E-state index is 0.0428. The first-order valence-corrected chi connectivity index (χ1v) is 18.8. The van der Waals surface area contributed by atoms with E-state index in [1.807, 2.05) is 63.2 Å². The van der Waals surface area contributed by atoms with Gasteiger partial charge in [0.05, 0.1) is 17.2 Å². The third-order valence-corrected chi connectivity index (χ3v) is 11.8. The highest BCUT2D eigenvalue weighted by atomic mass is 32.2. The number of primary amides is 1. The highest BCUT2D eigenvalue weighted by Crippen LogP contribution is 2.40. The number of aromatic nitrogens is 1. The number of carbonyl (C=O) groups is 4. The van der Waals surface area contributed by atoms with Crippen LogP contribution in [-0.4, -0.2) is 77.3 Å². The van der Waals surface area contributed by atoms with Crippen molar-refractivity contribution >= 4 is 44.6 Å². The number of nitrogens with zero attached hydrogens (tertiary/aromatic N) is 2. The molecular weight excluding hydrogens is 657 g/mol. The van der Waals surface area contributed by atoms with Gasteiger partial charge >= 0.3 is 0 Å². The average Bonchev–Trinajstić information content (AvgIpc) is 3.08. The van der Waals surface area contributed by atoms with Gasteiger partial charge in [-0.05, 0) is 69.6 Å². The number of nitrogens with one attached hydrogen (secondary N) is 3. The van der Waals surface area contributed by atoms with Crippen LogP contribution in [-0.2, 0) is 30.8 Å². The van der Waals surface area contributed by atoms with Crippen LogP contribution in [0.25, 0.3) is 10.9 Å². The molecule has 0 radical (unpaired) electrons. The van der Waals surface area contributed by atoms with E-state index in [2.05, 4.69) is 20.9 Å². The SMILES string of the molecule is CC(C)(C)NC(=O)[C@@H]1C[C@@H]2CCCC[C@@H]2CN1S(=O)(=O)[C@H](CNC(=O)[C@H](CC(N)=O)NC(=O)c1ccc2ccccc2n1)Cc1ccccc1. The molecule has 2 aromatic carbocycles. The highest BCUT2D eigenvalue weighted by molar-refractivity contribution is 7.89. The van der Waals surface area contributed by atoms with Crippen molar-refractivity contribution in [2.45, 2.75) is 88.6 Å². The quantitative estimate of drug-likeness (QED) is 0.224. The number of benzene rings is 2. The van der Waals surface area contributed by atoms with Gasteiger partial charge in [0.1, 0.15) is 17.8 Å². The molecule has 5 atom stereocenters. The number of fused-ring (bicyclic) bond motifs is 2. The molecule has 0 unspecified atom stereocenters. The zero-order valence-corrected chi connectivity index (χ0v) is 29.7. The van der Waals surface area contributed by atoms with E-state index in [0.29, 0.717) is 11.9 Å². The molecule has 2 heterocycles. The number of pyridine rings is 1. The van der Waals surface area contributed by atoms with Crippen LogP contribution < -0.4 is 21.7 Å². The summed E-state index contributed by atoms with van der Waals surface area (Å²) in [6, 6.07) is 17.3. The number of para-hydroxylation sites is 1. The lowest BCUT2D eigenvalue weighted by molar-refractivity contribution is -0.129. The summed E-state index contributed by atoms with van der Waals surface area (Å²) in [5.41, 5.74) is 6.26. The minimum Gasteiger partial charge on any atom is -0.370 e. The lowest BCUT2D eigenvalue weighted by Gasteiger charge is -2.46. The predicted octanol–water partition coefficient (Wildman–Crippen LogP) is 3.06. The molecule has 50 heavy (non-hydrogen) atoms. The first kappa shape index (κ1) is 36.9. The summed E-state index contributed by atoms with van der Waals surface area (Å²) in [5, 5.41) is 7.92. The number of carbonyl (C=O) groups excluding carboxylic acids is 4. The lowest BCUT2D eigenvalue weighted by atomic mass is 9.73. The van der Waals surface area contributed by atoms with E-state index >= 15 is 0 Å². The maximum absolute atomic E-state index is 14.7. The topological polar surface area (TPSA) is 181 Å². The normalized spacial score (nSPS) is 21.0. The van der Waals surface area contributed by atoms with E-state index in [-0.39, 0.29) is 42.9 Å². The summed E-state index contributed by atoms with van der Waals surface area (Å²) >= 11 is 0. The van der Waals surface area contributed by atoms with Gasteiger partial charge in [-0.1, -0.05) is 73.9 Å². The van der Waals surface area contributed by atoms with Crippen LogP contribution in [0.1, 0.15) is 75.3 Å². The Labute approximate surface area is 294 Å². The van der Waals surface area contributed by atoms with Gasteiger partial charge in [0.15, 0.2) is 0 Å². The number of amides is 4. The molecule has 5 rings (SSSR count). The van der Waals surface area contributed by atoms with E-state index in [9.17, 15) is 27.6 Å². The second kappa shape index (κ2) is 15.7. The van der Waals surface area contributed by atoms with Crippen LogP contribution in [0.5, 0.6) is 0 Å². The summed E-state index contributed by atoms with van der Waals surface area (Å²) in [4.78, 5) is 56.9. The zero-order valence-electron chi connectivity index (χ0n) is 28.9. The first-order chi connectivity index (χ1) is 23.7. The average molecular weight is 705 g/mol. The van der Waals surface area contributed by atoms with Gasteiger partial charge in [0, 0.05) is 24.0 Å². The van der Waals surface area contributed by atoms with Gasteiger partial charge in [-0.2, -0.15) is 4.31 Å². The molecule has 0 spiro atoms. The van der Waals surface area contributed by atoms with Crippen molar-refractivity contribution in [1.29, 1.82) is 0 Å². The maximum atomic E-state index is 14.7. The van der Waals surface area contributed by atoms with Crippen molar-refractivity contribution < 1.29 is 27.6 Å². The van der Waals surface area contributed by atoms with E-state index in [0.717, 1.165) is 36.6 Å². The third-order valence-electron chi connectivity index (χ3n) is 9.57. The van der Waals surface area contributed by atoms with Crippen molar-refractivity contribution in [2.24, 2.45) is 17.6 Å². The Hall–Kier alpha value is -4.36. The minimum atomic E-state index is -4.19. The van der Waals surface area contributed by atoms with Crippen molar-refractivity contribution in [3.8, 4) is 0 Å². The molecular formula is C37H48N6O6S. The van der Waals surface area contributed by atoms with E-state index in [1.165, 1.54) is 10.4 Å². The number of sulfonamides is 1. The predicted molar refractivity (Wildman–Crippen MR) is 191 cm³/mol. The second-order valence-electron chi connectivity index (χ2n) is 14.6. The molecule has 13 heteroatoms. The molecule has 4 amide bonds. The zero-order chi connectivity index (χ0) is 36.1. The molecule has 2 aliphatic rings. The van der Waals surface area contributed by atoms with Gasteiger partial charge in [-0.3, -0.25) is 19.2 Å². The van der Waals surface area contributed by atoms with Crippen LogP contribution in [0.15, 0.2) is 66.7 Å². The largest absolute Gasteiger partial charge is 0.370 e. The van der Waals surface area contributed by atoms with Crippen LogP contribution in [0.2, 0.25) is 0 Å². The van der Waals surface area contributed by atoms with Gasteiger partial charge < -0.3 is 21.7 Å². The van der Waals surface area contributed by atoms with E-state index in [4.69, 9.17) is 5.73 Å². The maximum Gasteiger partial charge on any atom is 0.270 e. The fourth-order valence-corrected chi connectivity index (χ4v) is 9.11. The summed E-state index contributed by atoms with van der Waals surface area (Å²) in [6.45, 7) is 5.49. The molecule has 1 aromatic heterocycles. The van der Waals surface area contributed by atoms with Gasteiger partial charge in [0.2, 0.25) is 27.7 Å². The molecule has 1 saturated carbocycles. The standard InChI is InChI=1S/C37H48N6O6S/c1-37(2,3)42-36(47)32-20-26-14-7-8-15-27(26)23-43(32)50(48,49)28(19-24-11-5-4-6-12-24)22-39-34(45)31(21-33(38)44)41-35(46)30-18-17-25-13-9-10-16-29(25)40-30/h4-6,9-13,16-18,26-28,31-32H,7-8,14-15,19-23H2,1-3H3,(H2,38,44)(H,39,45)(H,41,46)(H,42,47)/t26-,27+,28-,31-,32-/m0/s1. The summed E-state index contributed by atoms with van der Waals surface area (Å²) in [5.74, 6) is -2.21. The van der Waals surface area contributed by atoms with Crippen molar-refractivity contribution in [2.75, 3.05) is 13.1 Å². The van der Waals surface area contributed by atoms with Gasteiger partial charge in [-0.15, -0.1) is 0 Å². The van der Waals surface area contributed by atoms with Crippen molar-refractivity contribution in [3.05, 3.63) is 78.0 Å². The lowest BCUT2D eigenvalue weighted by Crippen LogP contribution is -2.61. The number of rotatable bonds is 12. The Morgan fingerprint density at radius 3 is 2.32 bits per heavy atom. The smallest absolute Gasteiger partial charge is 0.270 e. The van der Waals surface area contributed by atoms with Crippen molar-refractivity contribution in [1.82, 2.24) is 25.2 Å². The fourth-order valence-electron chi connectivity index (χ4n) is 7.09. The number of piperidine rings is 1. The molecule has 268 valence electrons. The Morgan fingerprint density at radius 1 is 0.940 bits per heavy atom. The third kappa shape index (κ3) is 9.25. The number of nitrogens with two attached hydrogens (primary N) is 1. The fraction of sp³-hybridized carbons (Fsp3) is 0.486. The van der Waals surface area contributed by atoms with Crippen LogP contribution in [0.4, 0.5) is 0 Å². The van der Waals surface area contributed by atoms with E-state index in [1.54, 1.807) is 18.2 Å². The highest BCUT2D eigenvalue weighted by Gasteiger charge is 2.47. The second-order valence-corrected chi connectivity index (χ2v) is 16.7. The first-order valence-electron chi connectivity index (χ1n) is 17.3. The van der Waals surface area contributed by atoms with Crippen LogP contribution in [0, 0.1) is 11.8 Å². The Kier molecular flexibility index (Phi) is 11.6. The molecule has 1 saturated heterocycles. The molecule has 0 bridgehead atoms. The Balaban J connectivity index is 1.39. The van der Waals surface area contributed by atoms with Gasteiger partial charge in [-0.25, -0.2) is 13.4 Å². The number of hydrogen-bond donors (Lipinski definition) is 4. The summed E-state index contributed by atoms with van der Waals surface area (Å²) in [7, 11) is -4.19. The van der Waals surface area contributed by atoms with E-state index < -0.39 is 57.0 Å². The molecule has 2 fully saturated rings. The molecule has 1 aliphatic carbocycles. The van der Waals surface area contributed by atoms with Crippen molar-refractivity contribution in [3.63, 3.8) is 0 Å². The van der Waals surface area contributed by atoms with Crippen LogP contribution in [0.3, 0.4) is 0 Å². The van der Waals surface area contributed by atoms with Gasteiger partial charge in [0.25, 0.3) is 5.91 Å². The monoisotopic (exact) mass is 704 g/mol. The van der Waals surface area contributed by atoms with Crippen LogP contribution >= 0.6 is 0 Å². The summed E-state index contributed by atoms with van der Waals surface area (Å²) < 4.78 is 30.8. The molecule has 1 aliphatic heterocycles. The summed E-state index contributed by atoms with van der Waals surface area (Å²) in [6.07, 6.45) is 3.92. The molecule has 5 N–H and O–H groups in total. The number of hydrogen-bond acceptors (Lipinski definition) is 7.